The van der Waals surface area contributed by atoms with Gasteiger partial charge in [0.05, 0.1) is 10.5 Å². The Morgan fingerprint density at radius 3 is 2.57 bits per heavy atom. The van der Waals surface area contributed by atoms with Crippen molar-refractivity contribution in [1.82, 2.24) is 9.29 Å². The number of pyridine rings is 1. The van der Waals surface area contributed by atoms with Crippen molar-refractivity contribution in [1.29, 1.82) is 0 Å². The minimum atomic E-state index is -3.44. The molecule has 0 spiro atoms. The summed E-state index contributed by atoms with van der Waals surface area (Å²) in [6.45, 7) is 2.81. The van der Waals surface area contributed by atoms with E-state index in [1.54, 1.807) is 18.3 Å². The van der Waals surface area contributed by atoms with E-state index < -0.39 is 10.0 Å². The first-order valence-electron chi connectivity index (χ1n) is 7.30. The second kappa shape index (κ2) is 6.76. The molecule has 0 atom stereocenters. The highest BCUT2D eigenvalue weighted by molar-refractivity contribution is 7.91. The number of rotatable bonds is 4. The van der Waals surface area contributed by atoms with Gasteiger partial charge in [0.2, 0.25) is 0 Å². The Balaban J connectivity index is 1.61. The lowest BCUT2D eigenvalue weighted by atomic mass is 10.1. The van der Waals surface area contributed by atoms with Crippen molar-refractivity contribution in [3.63, 3.8) is 0 Å². The van der Waals surface area contributed by atoms with E-state index in [2.05, 4.69) is 4.98 Å². The fraction of sp³-hybridized carbons (Fsp3) is 0.400. The molecule has 1 saturated heterocycles. The van der Waals surface area contributed by atoms with Crippen molar-refractivity contribution in [3.8, 4) is 5.75 Å². The van der Waals surface area contributed by atoms with Gasteiger partial charge in [-0.05, 0) is 44.0 Å². The van der Waals surface area contributed by atoms with Gasteiger partial charge in [-0.25, -0.2) is 8.42 Å². The number of hydrogen-bond donors (Lipinski definition) is 0. The van der Waals surface area contributed by atoms with Gasteiger partial charge in [-0.3, -0.25) is 4.98 Å². The number of halogens is 1. The van der Waals surface area contributed by atoms with E-state index in [0.717, 1.165) is 22.8 Å². The first-order chi connectivity index (χ1) is 10.9. The standard InChI is InChI=1S/C15H17ClN2O3S2/c1-11-2-3-13(10-17-11)21-12-6-8-18(9-7-12)23(19,20)15-5-4-14(16)22-15/h2-5,10,12H,6-9H2,1H3. The summed E-state index contributed by atoms with van der Waals surface area (Å²) >= 11 is 6.93. The van der Waals surface area contributed by atoms with E-state index in [-0.39, 0.29) is 6.10 Å². The molecular formula is C15H17ClN2O3S2. The maximum absolute atomic E-state index is 12.5. The van der Waals surface area contributed by atoms with E-state index >= 15 is 0 Å². The number of hydrogen-bond acceptors (Lipinski definition) is 5. The summed E-state index contributed by atoms with van der Waals surface area (Å²) < 4.78 is 33.2. The zero-order chi connectivity index (χ0) is 16.4. The van der Waals surface area contributed by atoms with Gasteiger partial charge in [-0.1, -0.05) is 11.6 Å². The lowest BCUT2D eigenvalue weighted by molar-refractivity contribution is 0.134. The summed E-state index contributed by atoms with van der Waals surface area (Å²) in [5.74, 6) is 0.724. The van der Waals surface area contributed by atoms with Crippen LogP contribution in [0.1, 0.15) is 18.5 Å². The molecule has 124 valence electrons. The molecular weight excluding hydrogens is 356 g/mol. The predicted molar refractivity (Wildman–Crippen MR) is 90.7 cm³/mol. The fourth-order valence-corrected chi connectivity index (χ4v) is 5.58. The molecule has 0 saturated carbocycles. The van der Waals surface area contributed by atoms with Gasteiger partial charge in [0, 0.05) is 18.8 Å². The van der Waals surface area contributed by atoms with E-state index in [4.69, 9.17) is 16.3 Å². The Labute approximate surface area is 144 Å². The highest BCUT2D eigenvalue weighted by Gasteiger charge is 2.31. The average Bonchev–Trinajstić information content (AvgIpc) is 2.98. The lowest BCUT2D eigenvalue weighted by Gasteiger charge is -2.31. The van der Waals surface area contributed by atoms with Gasteiger partial charge in [-0.2, -0.15) is 4.31 Å². The molecule has 3 heterocycles. The summed E-state index contributed by atoms with van der Waals surface area (Å²) in [4.78, 5) is 4.20. The fourth-order valence-electron chi connectivity index (χ4n) is 2.47. The highest BCUT2D eigenvalue weighted by Crippen LogP contribution is 2.30. The second-order valence-electron chi connectivity index (χ2n) is 5.42. The van der Waals surface area contributed by atoms with Gasteiger partial charge in [-0.15, -0.1) is 11.3 Å². The van der Waals surface area contributed by atoms with Crippen LogP contribution in [-0.2, 0) is 10.0 Å². The van der Waals surface area contributed by atoms with E-state index in [0.29, 0.717) is 34.5 Å². The van der Waals surface area contributed by atoms with Crippen molar-refractivity contribution < 1.29 is 13.2 Å². The zero-order valence-corrected chi connectivity index (χ0v) is 15.0. The number of aromatic nitrogens is 1. The van der Waals surface area contributed by atoms with Crippen molar-refractivity contribution in [2.75, 3.05) is 13.1 Å². The van der Waals surface area contributed by atoms with Crippen LogP contribution in [0, 0.1) is 6.92 Å². The SMILES string of the molecule is Cc1ccc(OC2CCN(S(=O)(=O)c3ccc(Cl)s3)CC2)cn1. The molecule has 3 rings (SSSR count). The quantitative estimate of drug-likeness (QED) is 0.825. The van der Waals surface area contributed by atoms with Crippen LogP contribution >= 0.6 is 22.9 Å². The molecule has 5 nitrogen and oxygen atoms in total. The Kier molecular flexibility index (Phi) is 4.91. The van der Waals surface area contributed by atoms with E-state index in [1.807, 2.05) is 19.1 Å². The zero-order valence-electron chi connectivity index (χ0n) is 12.6. The van der Waals surface area contributed by atoms with Crippen LogP contribution in [0.5, 0.6) is 5.75 Å². The summed E-state index contributed by atoms with van der Waals surface area (Å²) in [6.07, 6.45) is 3.03. The maximum Gasteiger partial charge on any atom is 0.252 e. The van der Waals surface area contributed by atoms with Crippen LogP contribution in [0.2, 0.25) is 4.34 Å². The van der Waals surface area contributed by atoms with Crippen LogP contribution in [0.3, 0.4) is 0 Å². The molecule has 1 fully saturated rings. The number of ether oxygens (including phenoxy) is 1. The van der Waals surface area contributed by atoms with Crippen LogP contribution < -0.4 is 4.74 Å². The van der Waals surface area contributed by atoms with Gasteiger partial charge in [0.15, 0.2) is 0 Å². The third-order valence-electron chi connectivity index (χ3n) is 3.73. The third kappa shape index (κ3) is 3.85. The minimum absolute atomic E-state index is 0.0119. The predicted octanol–water partition coefficient (Wildman–Crippen LogP) is 3.34. The first kappa shape index (κ1) is 16.7. The number of aryl methyl sites for hydroxylation is 1. The van der Waals surface area contributed by atoms with Crippen molar-refractivity contribution in [2.45, 2.75) is 30.1 Å². The van der Waals surface area contributed by atoms with Crippen molar-refractivity contribution in [2.24, 2.45) is 0 Å². The van der Waals surface area contributed by atoms with Crippen LogP contribution in [0.15, 0.2) is 34.7 Å². The molecule has 0 radical (unpaired) electrons. The molecule has 2 aromatic heterocycles. The monoisotopic (exact) mass is 372 g/mol. The molecule has 0 unspecified atom stereocenters. The molecule has 0 bridgehead atoms. The molecule has 2 aromatic rings. The van der Waals surface area contributed by atoms with Crippen LogP contribution in [0.25, 0.3) is 0 Å². The number of thiophene rings is 1. The van der Waals surface area contributed by atoms with Gasteiger partial charge >= 0.3 is 0 Å². The Hall–Kier alpha value is -1.15. The van der Waals surface area contributed by atoms with Gasteiger partial charge < -0.3 is 4.74 Å². The summed E-state index contributed by atoms with van der Waals surface area (Å²) in [7, 11) is -3.44. The molecule has 1 aliphatic rings. The minimum Gasteiger partial charge on any atom is -0.489 e. The largest absolute Gasteiger partial charge is 0.489 e. The molecule has 23 heavy (non-hydrogen) atoms. The normalized spacial score (nSPS) is 17.3. The molecule has 8 heteroatoms. The van der Waals surface area contributed by atoms with E-state index in [1.165, 1.54) is 4.31 Å². The highest BCUT2D eigenvalue weighted by atomic mass is 35.5. The Bertz CT molecular complexity index is 766. The van der Waals surface area contributed by atoms with Crippen LogP contribution in [-0.4, -0.2) is 36.9 Å². The smallest absolute Gasteiger partial charge is 0.252 e. The molecule has 0 aliphatic carbocycles. The molecule has 0 N–H and O–H groups in total. The lowest BCUT2D eigenvalue weighted by Crippen LogP contribution is -2.41. The Morgan fingerprint density at radius 1 is 1.26 bits per heavy atom. The summed E-state index contributed by atoms with van der Waals surface area (Å²) in [5, 5.41) is 0. The third-order valence-corrected chi connectivity index (χ3v) is 7.33. The number of nitrogens with zero attached hydrogens (tertiary/aromatic N) is 2. The van der Waals surface area contributed by atoms with E-state index in [9.17, 15) is 8.42 Å². The number of sulfonamides is 1. The van der Waals surface area contributed by atoms with Crippen LogP contribution in [0.4, 0.5) is 0 Å². The summed E-state index contributed by atoms with van der Waals surface area (Å²) in [6, 6.07) is 6.96. The Morgan fingerprint density at radius 2 is 2.00 bits per heavy atom. The molecule has 0 amide bonds. The number of piperidine rings is 1. The van der Waals surface area contributed by atoms with Crippen molar-refractivity contribution >= 4 is 33.0 Å². The van der Waals surface area contributed by atoms with Gasteiger partial charge in [0.1, 0.15) is 16.1 Å². The van der Waals surface area contributed by atoms with Crippen molar-refractivity contribution in [3.05, 3.63) is 40.5 Å². The summed E-state index contributed by atoms with van der Waals surface area (Å²) in [5.41, 5.74) is 0.938. The molecule has 1 aliphatic heterocycles. The maximum atomic E-state index is 12.5. The average molecular weight is 373 g/mol. The molecule has 0 aromatic carbocycles. The van der Waals surface area contributed by atoms with Gasteiger partial charge in [0.25, 0.3) is 10.0 Å². The second-order valence-corrected chi connectivity index (χ2v) is 9.29. The first-order valence-corrected chi connectivity index (χ1v) is 9.93. The topological polar surface area (TPSA) is 59.5 Å².